The van der Waals surface area contributed by atoms with Crippen molar-refractivity contribution in [3.63, 3.8) is 0 Å². The van der Waals surface area contributed by atoms with Crippen LogP contribution in [0.4, 0.5) is 0 Å². The molecule has 0 radical (unpaired) electrons. The van der Waals surface area contributed by atoms with Gasteiger partial charge in [-0.25, -0.2) is 0 Å². The van der Waals surface area contributed by atoms with Gasteiger partial charge in [-0.05, 0) is 55.0 Å². The number of fused-ring (bicyclic) bond motifs is 4. The van der Waals surface area contributed by atoms with Crippen molar-refractivity contribution in [1.82, 2.24) is 14.6 Å². The number of benzene rings is 2. The summed E-state index contributed by atoms with van der Waals surface area (Å²) in [4.78, 5) is 13.6. The largest absolute Gasteiger partial charge is 0.293 e. The van der Waals surface area contributed by atoms with Gasteiger partial charge in [0.2, 0.25) is 4.96 Å². The van der Waals surface area contributed by atoms with Crippen LogP contribution in [-0.2, 0) is 12.8 Å². The monoisotopic (exact) mass is 379 g/mol. The van der Waals surface area contributed by atoms with E-state index in [1.807, 2.05) is 22.6 Å². The molecule has 130 valence electrons. The number of thiazole rings is 1. The molecule has 1 aliphatic carbocycles. The second-order valence-electron chi connectivity index (χ2n) is 6.57. The molecule has 6 heteroatoms. The summed E-state index contributed by atoms with van der Waals surface area (Å²) in [5.41, 5.74) is 4.67. The number of carbonyl (C=O) groups is 1. The summed E-state index contributed by atoms with van der Waals surface area (Å²) < 4.78 is 3.23. The van der Waals surface area contributed by atoms with Crippen molar-refractivity contribution in [3.8, 4) is 0 Å². The van der Waals surface area contributed by atoms with Crippen molar-refractivity contribution in [1.29, 1.82) is 0 Å². The molecular weight excluding hydrogens is 362 g/mol. The molecular formula is C20H17N3OS2. The van der Waals surface area contributed by atoms with Crippen LogP contribution in [-0.4, -0.2) is 26.1 Å². The number of ketones is 1. The van der Waals surface area contributed by atoms with Crippen molar-refractivity contribution in [3.05, 3.63) is 59.2 Å². The highest BCUT2D eigenvalue weighted by atomic mass is 32.2. The lowest BCUT2D eigenvalue weighted by Crippen LogP contribution is -2.08. The van der Waals surface area contributed by atoms with Gasteiger partial charge in [-0.1, -0.05) is 47.4 Å². The van der Waals surface area contributed by atoms with Gasteiger partial charge >= 0.3 is 0 Å². The average Bonchev–Trinajstić information content (AvgIpc) is 3.25. The lowest BCUT2D eigenvalue weighted by Gasteiger charge is -2.16. The standard InChI is InChI=1S/C20H17N3OS2/c24-17(15-10-9-13-5-1-2-6-14(13)11-15)12-25-19-21-22-20-23(19)16-7-3-4-8-18(16)26-20/h3-4,7-11H,1-2,5-6,12H2. The molecule has 0 saturated heterocycles. The number of thioether (sulfide) groups is 1. The first kappa shape index (κ1) is 16.0. The third-order valence-electron chi connectivity index (χ3n) is 4.91. The van der Waals surface area contributed by atoms with E-state index in [9.17, 15) is 4.79 Å². The minimum Gasteiger partial charge on any atom is -0.293 e. The molecule has 0 fully saturated rings. The van der Waals surface area contributed by atoms with E-state index in [0.29, 0.717) is 5.75 Å². The van der Waals surface area contributed by atoms with E-state index in [2.05, 4.69) is 34.5 Å². The van der Waals surface area contributed by atoms with E-state index in [1.165, 1.54) is 40.4 Å². The maximum Gasteiger partial charge on any atom is 0.217 e. The Morgan fingerprint density at radius 2 is 1.92 bits per heavy atom. The quantitative estimate of drug-likeness (QED) is 0.377. The molecule has 26 heavy (non-hydrogen) atoms. The second kappa shape index (κ2) is 6.52. The molecule has 0 N–H and O–H groups in total. The number of carbonyl (C=O) groups excluding carboxylic acids is 1. The molecule has 0 aliphatic heterocycles. The predicted octanol–water partition coefficient (Wildman–Crippen LogP) is 4.80. The summed E-state index contributed by atoms with van der Waals surface area (Å²) >= 11 is 3.08. The van der Waals surface area contributed by atoms with Gasteiger partial charge in [0.05, 0.1) is 16.0 Å². The first-order chi connectivity index (χ1) is 12.8. The van der Waals surface area contributed by atoms with Crippen LogP contribution in [0.1, 0.15) is 34.3 Å². The second-order valence-corrected chi connectivity index (χ2v) is 8.52. The van der Waals surface area contributed by atoms with Gasteiger partial charge < -0.3 is 0 Å². The van der Waals surface area contributed by atoms with E-state index in [1.54, 1.807) is 11.3 Å². The van der Waals surface area contributed by atoms with Crippen LogP contribution in [0, 0.1) is 0 Å². The Bertz CT molecular complexity index is 1130. The van der Waals surface area contributed by atoms with Gasteiger partial charge in [-0.2, -0.15) is 0 Å². The number of hydrogen-bond donors (Lipinski definition) is 0. The van der Waals surface area contributed by atoms with Crippen molar-refractivity contribution < 1.29 is 4.79 Å². The lowest BCUT2D eigenvalue weighted by atomic mass is 9.90. The van der Waals surface area contributed by atoms with E-state index >= 15 is 0 Å². The number of Topliss-reactive ketones (excluding diaryl/α,β-unsaturated/α-hetero) is 1. The normalized spacial score (nSPS) is 14.0. The number of para-hydroxylation sites is 1. The SMILES string of the molecule is O=C(CSc1nnc2sc3ccccc3n12)c1ccc2c(c1)CCCC2. The topological polar surface area (TPSA) is 47.3 Å². The molecule has 0 bridgehead atoms. The average molecular weight is 380 g/mol. The number of aromatic nitrogens is 3. The van der Waals surface area contributed by atoms with Crippen molar-refractivity contribution >= 4 is 44.1 Å². The van der Waals surface area contributed by atoms with Gasteiger partial charge in [0, 0.05) is 5.56 Å². The molecule has 5 rings (SSSR count). The minimum atomic E-state index is 0.152. The summed E-state index contributed by atoms with van der Waals surface area (Å²) in [6, 6.07) is 14.4. The van der Waals surface area contributed by atoms with Crippen LogP contribution < -0.4 is 0 Å². The first-order valence-corrected chi connectivity index (χ1v) is 10.6. The highest BCUT2D eigenvalue weighted by Crippen LogP contribution is 2.30. The summed E-state index contributed by atoms with van der Waals surface area (Å²) in [5.74, 6) is 0.531. The number of aryl methyl sites for hydroxylation is 2. The summed E-state index contributed by atoms with van der Waals surface area (Å²) in [5, 5.41) is 9.32. The predicted molar refractivity (Wildman–Crippen MR) is 107 cm³/mol. The smallest absolute Gasteiger partial charge is 0.217 e. The molecule has 4 aromatic rings. The Morgan fingerprint density at radius 1 is 1.08 bits per heavy atom. The minimum absolute atomic E-state index is 0.152. The summed E-state index contributed by atoms with van der Waals surface area (Å²) in [7, 11) is 0. The molecule has 2 aromatic carbocycles. The number of nitrogens with zero attached hydrogens (tertiary/aromatic N) is 3. The van der Waals surface area contributed by atoms with Crippen molar-refractivity contribution in [2.24, 2.45) is 0 Å². The highest BCUT2D eigenvalue weighted by molar-refractivity contribution is 7.99. The van der Waals surface area contributed by atoms with E-state index in [0.717, 1.165) is 34.0 Å². The van der Waals surface area contributed by atoms with Crippen LogP contribution in [0.15, 0.2) is 47.6 Å². The van der Waals surface area contributed by atoms with Crippen LogP contribution in [0.3, 0.4) is 0 Å². The fourth-order valence-electron chi connectivity index (χ4n) is 3.57. The van der Waals surface area contributed by atoms with Crippen LogP contribution in [0.5, 0.6) is 0 Å². The van der Waals surface area contributed by atoms with Gasteiger partial charge in [-0.3, -0.25) is 9.20 Å². The Hall–Kier alpha value is -2.18. The molecule has 1 aliphatic rings. The molecule has 0 unspecified atom stereocenters. The van der Waals surface area contributed by atoms with Gasteiger partial charge in [-0.15, -0.1) is 10.2 Å². The third-order valence-corrected chi connectivity index (χ3v) is 6.85. The van der Waals surface area contributed by atoms with Crippen LogP contribution in [0.2, 0.25) is 0 Å². The Morgan fingerprint density at radius 3 is 2.85 bits per heavy atom. The number of rotatable bonds is 4. The molecule has 0 spiro atoms. The zero-order valence-electron chi connectivity index (χ0n) is 14.1. The highest BCUT2D eigenvalue weighted by Gasteiger charge is 2.16. The molecule has 2 heterocycles. The maximum atomic E-state index is 12.7. The number of hydrogen-bond acceptors (Lipinski definition) is 5. The first-order valence-electron chi connectivity index (χ1n) is 8.80. The molecule has 0 amide bonds. The van der Waals surface area contributed by atoms with E-state index in [-0.39, 0.29) is 5.78 Å². The molecule has 0 atom stereocenters. The van der Waals surface area contributed by atoms with Gasteiger partial charge in [0.25, 0.3) is 0 Å². The third kappa shape index (κ3) is 2.73. The fourth-order valence-corrected chi connectivity index (χ4v) is 5.43. The Balaban J connectivity index is 1.39. The van der Waals surface area contributed by atoms with Crippen LogP contribution >= 0.6 is 23.1 Å². The zero-order chi connectivity index (χ0) is 17.5. The molecule has 4 nitrogen and oxygen atoms in total. The maximum absolute atomic E-state index is 12.7. The summed E-state index contributed by atoms with van der Waals surface area (Å²) in [6.45, 7) is 0. The van der Waals surface area contributed by atoms with Gasteiger partial charge in [0.15, 0.2) is 10.9 Å². The Labute approximate surface area is 159 Å². The van der Waals surface area contributed by atoms with E-state index < -0.39 is 0 Å². The molecule has 2 aromatic heterocycles. The Kier molecular flexibility index (Phi) is 4.02. The van der Waals surface area contributed by atoms with Crippen LogP contribution in [0.25, 0.3) is 15.2 Å². The molecule has 0 saturated carbocycles. The van der Waals surface area contributed by atoms with Gasteiger partial charge in [0.1, 0.15) is 0 Å². The summed E-state index contributed by atoms with van der Waals surface area (Å²) in [6.07, 6.45) is 4.72. The van der Waals surface area contributed by atoms with Crippen molar-refractivity contribution in [2.75, 3.05) is 5.75 Å². The van der Waals surface area contributed by atoms with Crippen molar-refractivity contribution in [2.45, 2.75) is 30.8 Å². The fraction of sp³-hybridized carbons (Fsp3) is 0.250. The lowest BCUT2D eigenvalue weighted by molar-refractivity contribution is 0.102. The zero-order valence-corrected chi connectivity index (χ0v) is 15.8. The van der Waals surface area contributed by atoms with E-state index in [4.69, 9.17) is 0 Å².